The first-order chi connectivity index (χ1) is 11.6. The molecule has 1 spiro atoms. The van der Waals surface area contributed by atoms with Crippen LogP contribution in [0.5, 0.6) is 0 Å². The minimum absolute atomic E-state index is 0.0426. The average Bonchev–Trinajstić information content (AvgIpc) is 3.24. The van der Waals surface area contributed by atoms with E-state index in [1.54, 1.807) is 7.11 Å². The van der Waals surface area contributed by atoms with E-state index in [1.807, 2.05) is 0 Å². The fraction of sp³-hybridized carbons (Fsp3) is 0.947. The van der Waals surface area contributed by atoms with Crippen LogP contribution >= 0.6 is 0 Å². The number of rotatable bonds is 6. The van der Waals surface area contributed by atoms with E-state index in [0.717, 1.165) is 45.6 Å². The third kappa shape index (κ3) is 2.78. The van der Waals surface area contributed by atoms with Crippen LogP contribution in [0.25, 0.3) is 0 Å². The van der Waals surface area contributed by atoms with Crippen molar-refractivity contribution in [2.75, 3.05) is 33.4 Å². The zero-order valence-corrected chi connectivity index (χ0v) is 15.1. The molecule has 4 aliphatic rings. The lowest BCUT2D eigenvalue weighted by atomic mass is 9.53. The predicted octanol–water partition coefficient (Wildman–Crippen LogP) is 1.11. The van der Waals surface area contributed by atoms with Crippen molar-refractivity contribution in [3.05, 3.63) is 0 Å². The van der Waals surface area contributed by atoms with E-state index in [1.165, 1.54) is 19.3 Å². The van der Waals surface area contributed by atoms with Gasteiger partial charge in [-0.1, -0.05) is 6.92 Å². The Bertz CT molecular complexity index is 492. The smallest absolute Gasteiger partial charge is 0.315 e. The van der Waals surface area contributed by atoms with Crippen molar-refractivity contribution in [3.63, 3.8) is 0 Å². The van der Waals surface area contributed by atoms with Crippen LogP contribution in [0.1, 0.15) is 45.4 Å². The first kappa shape index (κ1) is 16.8. The number of fused-ring (bicyclic) bond motifs is 3. The highest BCUT2D eigenvalue weighted by Crippen LogP contribution is 2.62. The van der Waals surface area contributed by atoms with Gasteiger partial charge >= 0.3 is 5.97 Å². The largest absolute Gasteiger partial charge is 0.462 e. The standard InChI is InChI=1S/C19H31NO4/c1-18-5-3-6-19(12-23-19)16(18)9-13-14(11-20-7-4-8-22-2)17(21)24-15(13)10-18/h13-16,20H,3-12H2,1-2H3/p+1/t13-,14+,15-,16+,18-,19+/m1/s1. The number of carbonyl (C=O) groups excluding carboxylic acids is 1. The molecule has 2 saturated carbocycles. The third-order valence-electron chi connectivity index (χ3n) is 7.26. The lowest BCUT2D eigenvalue weighted by Gasteiger charge is -2.51. The van der Waals surface area contributed by atoms with Crippen LogP contribution in [-0.4, -0.2) is 51.1 Å². The average molecular weight is 338 g/mol. The summed E-state index contributed by atoms with van der Waals surface area (Å²) in [5, 5.41) is 2.27. The molecule has 2 aliphatic carbocycles. The predicted molar refractivity (Wildman–Crippen MR) is 88.4 cm³/mol. The second-order valence-electron chi connectivity index (χ2n) is 8.76. The van der Waals surface area contributed by atoms with Crippen molar-refractivity contribution < 1.29 is 24.3 Å². The number of quaternary nitrogens is 1. The highest BCUT2D eigenvalue weighted by atomic mass is 16.6. The summed E-state index contributed by atoms with van der Waals surface area (Å²) in [4.78, 5) is 12.4. The van der Waals surface area contributed by atoms with Gasteiger partial charge in [0.05, 0.1) is 31.9 Å². The molecule has 2 N–H and O–H groups in total. The van der Waals surface area contributed by atoms with Gasteiger partial charge in [0, 0.05) is 19.4 Å². The Morgan fingerprint density at radius 1 is 1.38 bits per heavy atom. The molecule has 136 valence electrons. The highest BCUT2D eigenvalue weighted by molar-refractivity contribution is 5.75. The molecular weight excluding hydrogens is 306 g/mol. The van der Waals surface area contributed by atoms with Gasteiger partial charge in [0.25, 0.3) is 0 Å². The summed E-state index contributed by atoms with van der Waals surface area (Å²) in [5.41, 5.74) is 0.448. The topological polar surface area (TPSA) is 64.7 Å². The molecule has 6 atom stereocenters. The van der Waals surface area contributed by atoms with Crippen LogP contribution in [-0.2, 0) is 19.0 Å². The summed E-state index contributed by atoms with van der Waals surface area (Å²) in [7, 11) is 1.73. The number of esters is 1. The molecule has 24 heavy (non-hydrogen) atoms. The van der Waals surface area contributed by atoms with Crippen LogP contribution in [0.15, 0.2) is 0 Å². The number of nitrogens with two attached hydrogens (primary N) is 1. The maximum Gasteiger partial charge on any atom is 0.315 e. The maximum absolute atomic E-state index is 12.4. The van der Waals surface area contributed by atoms with Gasteiger partial charge in [0.1, 0.15) is 12.0 Å². The number of epoxide rings is 1. The Morgan fingerprint density at radius 2 is 2.21 bits per heavy atom. The molecule has 0 radical (unpaired) electrons. The third-order valence-corrected chi connectivity index (χ3v) is 7.26. The van der Waals surface area contributed by atoms with Gasteiger partial charge < -0.3 is 19.5 Å². The van der Waals surface area contributed by atoms with Gasteiger partial charge in [-0.15, -0.1) is 0 Å². The quantitative estimate of drug-likeness (QED) is 0.448. The first-order valence-electron chi connectivity index (χ1n) is 9.73. The number of carbonyl (C=O) groups is 1. The Balaban J connectivity index is 1.42. The lowest BCUT2D eigenvalue weighted by Crippen LogP contribution is -2.86. The molecule has 0 aromatic carbocycles. The minimum Gasteiger partial charge on any atom is -0.462 e. The van der Waals surface area contributed by atoms with Gasteiger partial charge in [0.2, 0.25) is 0 Å². The fourth-order valence-corrected chi connectivity index (χ4v) is 5.90. The Labute approximate surface area is 144 Å². The minimum atomic E-state index is 0.0426. The molecule has 0 aromatic rings. The fourth-order valence-electron chi connectivity index (χ4n) is 5.90. The van der Waals surface area contributed by atoms with Crippen molar-refractivity contribution in [1.82, 2.24) is 0 Å². The van der Waals surface area contributed by atoms with Crippen molar-refractivity contribution in [2.45, 2.75) is 57.2 Å². The molecule has 0 unspecified atom stereocenters. The maximum atomic E-state index is 12.4. The zero-order valence-electron chi connectivity index (χ0n) is 15.1. The Kier molecular flexibility index (Phi) is 4.38. The Hall–Kier alpha value is -0.650. The SMILES string of the molecule is COCCC[NH2+]C[C@@H]1C(=O)O[C@@H]2C[C@@]3(C)CCC[C@]4(CO4)[C@H]3C[C@H]12. The van der Waals surface area contributed by atoms with Crippen LogP contribution < -0.4 is 5.32 Å². The second-order valence-corrected chi connectivity index (χ2v) is 8.76. The highest BCUT2D eigenvalue weighted by Gasteiger charge is 2.65. The van der Waals surface area contributed by atoms with Crippen molar-refractivity contribution >= 4 is 5.97 Å². The van der Waals surface area contributed by atoms with Crippen molar-refractivity contribution in [1.29, 1.82) is 0 Å². The molecule has 4 rings (SSSR count). The summed E-state index contributed by atoms with van der Waals surface area (Å²) in [5.74, 6) is 1.12. The van der Waals surface area contributed by atoms with Gasteiger partial charge in [-0.05, 0) is 43.4 Å². The zero-order chi connectivity index (χ0) is 16.8. The van der Waals surface area contributed by atoms with Crippen LogP contribution in [0.3, 0.4) is 0 Å². The van der Waals surface area contributed by atoms with E-state index in [0.29, 0.717) is 17.3 Å². The van der Waals surface area contributed by atoms with E-state index in [2.05, 4.69) is 12.2 Å². The number of methoxy groups -OCH3 is 1. The monoisotopic (exact) mass is 338 g/mol. The van der Waals surface area contributed by atoms with Crippen LogP contribution in [0.2, 0.25) is 0 Å². The summed E-state index contributed by atoms with van der Waals surface area (Å²) in [6, 6.07) is 0. The van der Waals surface area contributed by atoms with Gasteiger partial charge in [0.15, 0.2) is 0 Å². The normalized spacial score (nSPS) is 46.5. The summed E-state index contributed by atoms with van der Waals surface area (Å²) in [6.07, 6.45) is 7.07. The molecular formula is C19H32NO4+. The van der Waals surface area contributed by atoms with Crippen LogP contribution in [0, 0.1) is 23.2 Å². The number of hydrogen-bond acceptors (Lipinski definition) is 4. The van der Waals surface area contributed by atoms with Crippen LogP contribution in [0.4, 0.5) is 0 Å². The van der Waals surface area contributed by atoms with E-state index in [-0.39, 0.29) is 23.6 Å². The molecule has 0 amide bonds. The molecule has 0 aromatic heterocycles. The first-order valence-corrected chi connectivity index (χ1v) is 9.73. The molecule has 0 bridgehead atoms. The lowest BCUT2D eigenvalue weighted by molar-refractivity contribution is -0.659. The van der Waals surface area contributed by atoms with E-state index >= 15 is 0 Å². The summed E-state index contributed by atoms with van der Waals surface area (Å²) >= 11 is 0. The van der Waals surface area contributed by atoms with E-state index in [9.17, 15) is 4.79 Å². The molecule has 2 aliphatic heterocycles. The van der Waals surface area contributed by atoms with E-state index in [4.69, 9.17) is 14.2 Å². The molecule has 5 nitrogen and oxygen atoms in total. The molecule has 2 heterocycles. The van der Waals surface area contributed by atoms with Gasteiger partial charge in [-0.25, -0.2) is 0 Å². The van der Waals surface area contributed by atoms with E-state index < -0.39 is 0 Å². The molecule has 5 heteroatoms. The van der Waals surface area contributed by atoms with Crippen molar-refractivity contribution in [2.24, 2.45) is 23.2 Å². The Morgan fingerprint density at radius 3 is 2.96 bits per heavy atom. The van der Waals surface area contributed by atoms with Crippen molar-refractivity contribution in [3.8, 4) is 0 Å². The molecule has 2 saturated heterocycles. The van der Waals surface area contributed by atoms with Gasteiger partial charge in [-0.3, -0.25) is 4.79 Å². The molecule has 4 fully saturated rings. The number of hydrogen-bond donors (Lipinski definition) is 1. The summed E-state index contributed by atoms with van der Waals surface area (Å²) in [6.45, 7) is 6.02. The van der Waals surface area contributed by atoms with Gasteiger partial charge in [-0.2, -0.15) is 0 Å². The second kappa shape index (κ2) is 6.26. The summed E-state index contributed by atoms with van der Waals surface area (Å²) < 4.78 is 16.9. The number of ether oxygens (including phenoxy) is 3.